The Morgan fingerprint density at radius 2 is 2.14 bits per heavy atom. The molecule has 7 heteroatoms. The summed E-state index contributed by atoms with van der Waals surface area (Å²) in [4.78, 5) is 18.1. The molecule has 0 bridgehead atoms. The Morgan fingerprint density at radius 1 is 1.29 bits per heavy atom. The SMILES string of the molecule is Cc1c(Cn2ccc(OCCc3cccs3)cc2=O)cccc1N=C(N)CCl. The van der Waals surface area contributed by atoms with Crippen LogP contribution in [-0.4, -0.2) is 22.9 Å². The molecule has 2 N–H and O–H groups in total. The molecule has 0 saturated heterocycles. The van der Waals surface area contributed by atoms with Gasteiger partial charge in [0.15, 0.2) is 0 Å². The van der Waals surface area contributed by atoms with Crippen molar-refractivity contribution in [3.8, 4) is 5.75 Å². The van der Waals surface area contributed by atoms with Gasteiger partial charge in [-0.2, -0.15) is 0 Å². The molecule has 1 aromatic carbocycles. The van der Waals surface area contributed by atoms with Crippen LogP contribution in [-0.2, 0) is 13.0 Å². The molecule has 0 unspecified atom stereocenters. The summed E-state index contributed by atoms with van der Waals surface area (Å²) >= 11 is 7.41. The fourth-order valence-electron chi connectivity index (χ4n) is 2.76. The number of hydrogen-bond acceptors (Lipinski definition) is 4. The minimum Gasteiger partial charge on any atom is -0.493 e. The topological polar surface area (TPSA) is 69.6 Å². The predicted molar refractivity (Wildman–Crippen MR) is 117 cm³/mol. The number of benzene rings is 1. The first kappa shape index (κ1) is 20.2. The molecule has 0 fully saturated rings. The van der Waals surface area contributed by atoms with Gasteiger partial charge in [0.05, 0.1) is 24.7 Å². The van der Waals surface area contributed by atoms with Crippen LogP contribution in [0.5, 0.6) is 5.75 Å². The van der Waals surface area contributed by atoms with Crippen LogP contribution in [0.2, 0.25) is 0 Å². The van der Waals surface area contributed by atoms with Gasteiger partial charge in [0.25, 0.3) is 5.56 Å². The summed E-state index contributed by atoms with van der Waals surface area (Å²) in [6.45, 7) is 2.96. The average Bonchev–Trinajstić information content (AvgIpc) is 3.20. The van der Waals surface area contributed by atoms with Crippen molar-refractivity contribution >= 4 is 34.5 Å². The van der Waals surface area contributed by atoms with Crippen LogP contribution >= 0.6 is 22.9 Å². The number of amidine groups is 1. The summed E-state index contributed by atoms with van der Waals surface area (Å²) in [5.74, 6) is 1.13. The molecule has 5 nitrogen and oxygen atoms in total. The van der Waals surface area contributed by atoms with Crippen LogP contribution in [0.25, 0.3) is 0 Å². The van der Waals surface area contributed by atoms with Crippen molar-refractivity contribution in [2.75, 3.05) is 12.5 Å². The van der Waals surface area contributed by atoms with Crippen molar-refractivity contribution in [1.29, 1.82) is 0 Å². The van der Waals surface area contributed by atoms with E-state index < -0.39 is 0 Å². The van der Waals surface area contributed by atoms with E-state index in [1.54, 1.807) is 22.1 Å². The van der Waals surface area contributed by atoms with Gasteiger partial charge in [0.2, 0.25) is 0 Å². The maximum absolute atomic E-state index is 12.5. The number of nitrogens with zero attached hydrogens (tertiary/aromatic N) is 2. The summed E-state index contributed by atoms with van der Waals surface area (Å²) in [5, 5.41) is 2.04. The van der Waals surface area contributed by atoms with E-state index in [4.69, 9.17) is 22.1 Å². The second kappa shape index (κ2) is 9.57. The van der Waals surface area contributed by atoms with Gasteiger partial charge in [0.1, 0.15) is 11.6 Å². The van der Waals surface area contributed by atoms with Gasteiger partial charge in [-0.1, -0.05) is 18.2 Å². The summed E-state index contributed by atoms with van der Waals surface area (Å²) in [6, 6.07) is 13.2. The maximum Gasteiger partial charge on any atom is 0.254 e. The van der Waals surface area contributed by atoms with Crippen LogP contribution in [0, 0.1) is 6.92 Å². The highest BCUT2D eigenvalue weighted by Crippen LogP contribution is 2.22. The number of thiophene rings is 1. The number of pyridine rings is 1. The van der Waals surface area contributed by atoms with E-state index in [0.717, 1.165) is 23.2 Å². The van der Waals surface area contributed by atoms with Gasteiger partial charge < -0.3 is 15.0 Å². The number of aromatic nitrogens is 1. The van der Waals surface area contributed by atoms with Crippen molar-refractivity contribution in [2.24, 2.45) is 10.7 Å². The Morgan fingerprint density at radius 3 is 2.86 bits per heavy atom. The number of aliphatic imine (C=N–C) groups is 1. The normalized spacial score (nSPS) is 11.6. The van der Waals surface area contributed by atoms with Crippen LogP contribution in [0.3, 0.4) is 0 Å². The lowest BCUT2D eigenvalue weighted by molar-refractivity contribution is 0.321. The van der Waals surface area contributed by atoms with E-state index in [2.05, 4.69) is 11.1 Å². The second-order valence-electron chi connectivity index (χ2n) is 6.30. The van der Waals surface area contributed by atoms with Crippen molar-refractivity contribution in [1.82, 2.24) is 4.57 Å². The number of hydrogen-bond donors (Lipinski definition) is 1. The third-order valence-corrected chi connectivity index (χ3v) is 5.53. The zero-order chi connectivity index (χ0) is 19.9. The lowest BCUT2D eigenvalue weighted by atomic mass is 10.1. The highest BCUT2D eigenvalue weighted by atomic mass is 35.5. The maximum atomic E-state index is 12.5. The third-order valence-electron chi connectivity index (χ3n) is 4.32. The average molecular weight is 416 g/mol. The van der Waals surface area contributed by atoms with Gasteiger partial charge in [-0.05, 0) is 41.6 Å². The molecule has 0 aliphatic heterocycles. The van der Waals surface area contributed by atoms with E-state index in [-0.39, 0.29) is 11.4 Å². The molecule has 0 aliphatic carbocycles. The summed E-state index contributed by atoms with van der Waals surface area (Å²) in [6.07, 6.45) is 2.59. The van der Waals surface area contributed by atoms with Crippen molar-refractivity contribution in [3.63, 3.8) is 0 Å². The standard InChI is InChI=1S/C21H22ClN3O2S/c1-15-16(4-2-6-19(15)24-20(23)13-22)14-25-9-7-17(12-21(25)26)27-10-8-18-5-3-11-28-18/h2-7,9,11-12H,8,10,13-14H2,1H3,(H2,23,24). The van der Waals surface area contributed by atoms with Crippen molar-refractivity contribution in [2.45, 2.75) is 19.9 Å². The molecular weight excluding hydrogens is 394 g/mol. The monoisotopic (exact) mass is 415 g/mol. The van der Waals surface area contributed by atoms with Crippen molar-refractivity contribution < 1.29 is 4.74 Å². The first-order valence-corrected chi connectivity index (χ1v) is 10.3. The zero-order valence-corrected chi connectivity index (χ0v) is 17.2. The largest absolute Gasteiger partial charge is 0.493 e. The van der Waals surface area contributed by atoms with E-state index in [0.29, 0.717) is 24.7 Å². The van der Waals surface area contributed by atoms with E-state index >= 15 is 0 Å². The van der Waals surface area contributed by atoms with Gasteiger partial charge in [-0.15, -0.1) is 22.9 Å². The summed E-state index contributed by atoms with van der Waals surface area (Å²) in [7, 11) is 0. The first-order valence-electron chi connectivity index (χ1n) is 8.90. The number of alkyl halides is 1. The zero-order valence-electron chi connectivity index (χ0n) is 15.6. The fourth-order valence-corrected chi connectivity index (χ4v) is 3.51. The number of rotatable bonds is 8. The Labute approximate surface area is 173 Å². The molecule has 2 heterocycles. The highest BCUT2D eigenvalue weighted by molar-refractivity contribution is 7.09. The molecular formula is C21H22ClN3O2S. The Bertz CT molecular complexity index is 1010. The molecule has 0 atom stereocenters. The minimum absolute atomic E-state index is 0.109. The molecule has 0 spiro atoms. The molecule has 3 rings (SSSR count). The molecule has 146 valence electrons. The fraction of sp³-hybridized carbons (Fsp3) is 0.238. The van der Waals surface area contributed by atoms with E-state index in [9.17, 15) is 4.79 Å². The van der Waals surface area contributed by atoms with Crippen LogP contribution < -0.4 is 16.0 Å². The van der Waals surface area contributed by atoms with Crippen LogP contribution in [0.4, 0.5) is 5.69 Å². The van der Waals surface area contributed by atoms with Crippen molar-refractivity contribution in [3.05, 3.63) is 80.4 Å². The number of halogens is 1. The smallest absolute Gasteiger partial charge is 0.254 e. The predicted octanol–water partition coefficient (Wildman–Crippen LogP) is 4.12. The first-order chi connectivity index (χ1) is 13.6. The molecule has 0 aliphatic rings. The van der Waals surface area contributed by atoms with Gasteiger partial charge >= 0.3 is 0 Å². The third kappa shape index (κ3) is 5.24. The molecule has 2 aromatic heterocycles. The lowest BCUT2D eigenvalue weighted by Gasteiger charge is -2.12. The number of ether oxygens (including phenoxy) is 1. The second-order valence-corrected chi connectivity index (χ2v) is 7.60. The highest BCUT2D eigenvalue weighted by Gasteiger charge is 2.07. The van der Waals surface area contributed by atoms with Gasteiger partial charge in [-0.25, -0.2) is 4.99 Å². The minimum atomic E-state index is -0.109. The van der Waals surface area contributed by atoms with Gasteiger partial charge in [-0.3, -0.25) is 4.79 Å². The Kier molecular flexibility index (Phi) is 6.90. The lowest BCUT2D eigenvalue weighted by Crippen LogP contribution is -2.20. The van der Waals surface area contributed by atoms with Crippen LogP contribution in [0.15, 0.2) is 63.8 Å². The summed E-state index contributed by atoms with van der Waals surface area (Å²) < 4.78 is 7.36. The van der Waals surface area contributed by atoms with Crippen LogP contribution in [0.1, 0.15) is 16.0 Å². The summed E-state index contributed by atoms with van der Waals surface area (Å²) in [5.41, 5.74) is 8.36. The molecule has 0 radical (unpaired) electrons. The molecule has 0 saturated carbocycles. The number of nitrogens with two attached hydrogens (primary N) is 1. The molecule has 3 aromatic rings. The quantitative estimate of drug-likeness (QED) is 0.342. The van der Waals surface area contributed by atoms with E-state index in [1.165, 1.54) is 10.9 Å². The van der Waals surface area contributed by atoms with Gasteiger partial charge in [0, 0.05) is 23.6 Å². The Balaban J connectivity index is 1.69. The molecule has 0 amide bonds. The van der Waals surface area contributed by atoms with E-state index in [1.807, 2.05) is 42.6 Å². The molecule has 28 heavy (non-hydrogen) atoms. The Hall–Kier alpha value is -2.57.